The van der Waals surface area contributed by atoms with Crippen LogP contribution in [-0.4, -0.2) is 32.7 Å². The van der Waals surface area contributed by atoms with Crippen molar-refractivity contribution < 1.29 is 13.2 Å². The highest BCUT2D eigenvalue weighted by Crippen LogP contribution is 2.25. The van der Waals surface area contributed by atoms with Gasteiger partial charge in [0.1, 0.15) is 6.04 Å². The van der Waals surface area contributed by atoms with Gasteiger partial charge in [0.05, 0.1) is 11.9 Å². The lowest BCUT2D eigenvalue weighted by Crippen LogP contribution is -2.53. The first-order chi connectivity index (χ1) is 11.5. The number of nitrogens with zero attached hydrogens (tertiary/aromatic N) is 1. The van der Waals surface area contributed by atoms with Gasteiger partial charge in [-0.15, -0.1) is 0 Å². The molecule has 1 aromatic carbocycles. The second-order valence-corrected chi connectivity index (χ2v) is 9.28. The lowest BCUT2D eigenvalue weighted by atomic mass is 9.93. The molecule has 1 atom stereocenters. The second kappa shape index (κ2) is 8.90. The van der Waals surface area contributed by atoms with Gasteiger partial charge in [-0.05, 0) is 42.5 Å². The summed E-state index contributed by atoms with van der Waals surface area (Å²) in [6.45, 7) is 9.97. The van der Waals surface area contributed by atoms with Crippen LogP contribution in [0.3, 0.4) is 0 Å². The number of rotatable bonds is 8. The summed E-state index contributed by atoms with van der Waals surface area (Å²) < 4.78 is 26.0. The van der Waals surface area contributed by atoms with E-state index in [0.717, 1.165) is 6.26 Å². The molecular formula is C18H29ClN2O3S. The van der Waals surface area contributed by atoms with Crippen molar-refractivity contribution in [2.75, 3.05) is 10.6 Å². The van der Waals surface area contributed by atoms with E-state index >= 15 is 0 Å². The molecule has 0 fully saturated rings. The molecule has 0 saturated carbocycles. The van der Waals surface area contributed by atoms with Gasteiger partial charge in [-0.3, -0.25) is 9.10 Å². The molecule has 0 saturated heterocycles. The molecule has 1 N–H and O–H groups in total. The molecule has 1 aromatic rings. The first-order valence-electron chi connectivity index (χ1n) is 8.54. The number of hydrogen-bond donors (Lipinski definition) is 1. The Balaban J connectivity index is 3.21. The topological polar surface area (TPSA) is 66.5 Å². The van der Waals surface area contributed by atoms with Crippen molar-refractivity contribution in [3.05, 3.63) is 29.3 Å². The average Bonchev–Trinajstić information content (AvgIpc) is 2.49. The largest absolute Gasteiger partial charge is 0.351 e. The Bertz CT molecular complexity index is 664. The number of hydrogen-bond acceptors (Lipinski definition) is 3. The Morgan fingerprint density at radius 2 is 1.60 bits per heavy atom. The van der Waals surface area contributed by atoms with Crippen molar-refractivity contribution in [1.29, 1.82) is 0 Å². The zero-order chi connectivity index (χ0) is 19.4. The summed E-state index contributed by atoms with van der Waals surface area (Å²) in [5.41, 5.74) is 0.430. The van der Waals surface area contributed by atoms with E-state index in [1.165, 1.54) is 4.31 Å². The highest BCUT2D eigenvalue weighted by atomic mass is 35.5. The van der Waals surface area contributed by atoms with Crippen LogP contribution in [0.1, 0.15) is 41.0 Å². The first kappa shape index (κ1) is 21.8. The van der Waals surface area contributed by atoms with E-state index in [1.807, 2.05) is 27.7 Å². The van der Waals surface area contributed by atoms with Gasteiger partial charge in [0, 0.05) is 11.1 Å². The standard InChI is InChI=1S/C18H29ClN2O3S/c1-7-16(18(22)20-17(12(2)3)13(4)5)21(25(6,23)24)15-10-8-14(19)9-11-15/h8-13,16-17H,7H2,1-6H3,(H,20,22). The summed E-state index contributed by atoms with van der Waals surface area (Å²) in [5.74, 6) is 0.225. The lowest BCUT2D eigenvalue weighted by Gasteiger charge is -2.33. The van der Waals surface area contributed by atoms with Crippen LogP contribution in [0.4, 0.5) is 5.69 Å². The van der Waals surface area contributed by atoms with E-state index in [1.54, 1.807) is 31.2 Å². The number of nitrogens with one attached hydrogen (secondary N) is 1. The molecule has 1 rings (SSSR count). The number of halogens is 1. The highest BCUT2D eigenvalue weighted by molar-refractivity contribution is 7.92. The molecule has 0 aromatic heterocycles. The third-order valence-electron chi connectivity index (χ3n) is 4.16. The summed E-state index contributed by atoms with van der Waals surface area (Å²) in [5, 5.41) is 3.54. The molecule has 142 valence electrons. The number of benzene rings is 1. The Hall–Kier alpha value is -1.27. The molecule has 0 spiro atoms. The summed E-state index contributed by atoms with van der Waals surface area (Å²) in [4.78, 5) is 12.9. The van der Waals surface area contributed by atoms with Gasteiger partial charge < -0.3 is 5.32 Å². The predicted molar refractivity (Wildman–Crippen MR) is 104 cm³/mol. The van der Waals surface area contributed by atoms with E-state index in [9.17, 15) is 13.2 Å². The Labute approximate surface area is 156 Å². The third kappa shape index (κ3) is 5.89. The maximum atomic E-state index is 12.9. The summed E-state index contributed by atoms with van der Waals surface area (Å²) in [6, 6.07) is 5.63. The van der Waals surface area contributed by atoms with E-state index in [-0.39, 0.29) is 23.8 Å². The van der Waals surface area contributed by atoms with E-state index in [4.69, 9.17) is 11.6 Å². The predicted octanol–water partition coefficient (Wildman–Crippen LogP) is 3.68. The highest BCUT2D eigenvalue weighted by Gasteiger charge is 2.33. The molecule has 0 heterocycles. The number of carbonyl (C=O) groups is 1. The molecule has 0 aliphatic carbocycles. The van der Waals surface area contributed by atoms with Crippen molar-refractivity contribution in [3.8, 4) is 0 Å². The minimum absolute atomic E-state index is 0.0202. The van der Waals surface area contributed by atoms with Crippen molar-refractivity contribution >= 4 is 33.2 Å². The number of anilines is 1. The van der Waals surface area contributed by atoms with Gasteiger partial charge in [0.25, 0.3) is 0 Å². The molecule has 25 heavy (non-hydrogen) atoms. The van der Waals surface area contributed by atoms with Crippen LogP contribution >= 0.6 is 11.6 Å². The van der Waals surface area contributed by atoms with Crippen molar-refractivity contribution in [3.63, 3.8) is 0 Å². The normalized spacial score (nSPS) is 13.4. The van der Waals surface area contributed by atoms with Gasteiger partial charge in [0.2, 0.25) is 15.9 Å². The van der Waals surface area contributed by atoms with Gasteiger partial charge in [0.15, 0.2) is 0 Å². The lowest BCUT2D eigenvalue weighted by molar-refractivity contribution is -0.123. The fourth-order valence-corrected chi connectivity index (χ4v) is 4.35. The van der Waals surface area contributed by atoms with Crippen molar-refractivity contribution in [2.24, 2.45) is 11.8 Å². The molecule has 1 unspecified atom stereocenters. The summed E-state index contributed by atoms with van der Waals surface area (Å²) in [6.07, 6.45) is 1.48. The summed E-state index contributed by atoms with van der Waals surface area (Å²) >= 11 is 5.90. The van der Waals surface area contributed by atoms with Crippen molar-refractivity contribution in [2.45, 2.75) is 53.1 Å². The Morgan fingerprint density at radius 1 is 1.12 bits per heavy atom. The number of sulfonamides is 1. The third-order valence-corrected chi connectivity index (χ3v) is 5.59. The van der Waals surface area contributed by atoms with E-state index in [0.29, 0.717) is 17.1 Å². The maximum absolute atomic E-state index is 12.9. The van der Waals surface area contributed by atoms with Crippen LogP contribution in [0.5, 0.6) is 0 Å². The zero-order valence-electron chi connectivity index (χ0n) is 15.8. The second-order valence-electron chi connectivity index (χ2n) is 6.98. The van der Waals surface area contributed by atoms with Crippen LogP contribution in [-0.2, 0) is 14.8 Å². The fourth-order valence-electron chi connectivity index (χ4n) is 3.01. The SMILES string of the molecule is CCC(C(=O)NC(C(C)C)C(C)C)N(c1ccc(Cl)cc1)S(C)(=O)=O. The average molecular weight is 389 g/mol. The first-order valence-corrected chi connectivity index (χ1v) is 10.8. The van der Waals surface area contributed by atoms with Gasteiger partial charge in [-0.1, -0.05) is 46.2 Å². The fraction of sp³-hybridized carbons (Fsp3) is 0.611. The quantitative estimate of drug-likeness (QED) is 0.738. The molecule has 0 aliphatic rings. The van der Waals surface area contributed by atoms with Gasteiger partial charge in [-0.2, -0.15) is 0 Å². The number of amides is 1. The van der Waals surface area contributed by atoms with E-state index < -0.39 is 16.1 Å². The molecule has 7 heteroatoms. The molecule has 0 radical (unpaired) electrons. The minimum atomic E-state index is -3.63. The maximum Gasteiger partial charge on any atom is 0.244 e. The molecular weight excluding hydrogens is 360 g/mol. The van der Waals surface area contributed by atoms with Crippen LogP contribution in [0.2, 0.25) is 5.02 Å². The molecule has 5 nitrogen and oxygen atoms in total. The number of carbonyl (C=O) groups excluding carboxylic acids is 1. The van der Waals surface area contributed by atoms with Crippen LogP contribution in [0.15, 0.2) is 24.3 Å². The smallest absolute Gasteiger partial charge is 0.244 e. The molecule has 0 bridgehead atoms. The van der Waals surface area contributed by atoms with Crippen LogP contribution in [0.25, 0.3) is 0 Å². The molecule has 0 aliphatic heterocycles. The molecule has 1 amide bonds. The Kier molecular flexibility index (Phi) is 7.75. The Morgan fingerprint density at radius 3 is 1.96 bits per heavy atom. The monoisotopic (exact) mass is 388 g/mol. The van der Waals surface area contributed by atoms with Crippen molar-refractivity contribution in [1.82, 2.24) is 5.32 Å². The zero-order valence-corrected chi connectivity index (χ0v) is 17.4. The van der Waals surface area contributed by atoms with Gasteiger partial charge >= 0.3 is 0 Å². The summed E-state index contributed by atoms with van der Waals surface area (Å²) in [7, 11) is -3.63. The van der Waals surface area contributed by atoms with Gasteiger partial charge in [-0.25, -0.2) is 8.42 Å². The van der Waals surface area contributed by atoms with E-state index in [2.05, 4.69) is 5.32 Å². The van der Waals surface area contributed by atoms with Crippen LogP contribution < -0.4 is 9.62 Å². The minimum Gasteiger partial charge on any atom is -0.351 e. The van der Waals surface area contributed by atoms with Crippen LogP contribution in [0, 0.1) is 11.8 Å².